The molecule has 94 valence electrons. The fraction of sp³-hybridized carbons (Fsp3) is 0.417. The Balaban J connectivity index is 1.56. The maximum absolute atomic E-state index is 11.8. The van der Waals surface area contributed by atoms with Gasteiger partial charge in [-0.1, -0.05) is 0 Å². The molecule has 3 rings (SSSR count). The fourth-order valence-corrected chi connectivity index (χ4v) is 2.33. The number of nitrogens with zero attached hydrogens (tertiary/aromatic N) is 3. The fourth-order valence-electron chi connectivity index (χ4n) is 2.33. The number of aromatic amines is 1. The number of hydrogen-bond acceptors (Lipinski definition) is 3. The minimum atomic E-state index is -0.0561. The molecule has 1 aliphatic rings. The highest BCUT2D eigenvalue weighted by molar-refractivity contribution is 5.92. The van der Waals surface area contributed by atoms with E-state index in [1.165, 1.54) is 0 Å². The summed E-state index contributed by atoms with van der Waals surface area (Å²) in [4.78, 5) is 14.7. The minimum Gasteiger partial charge on any atom is -0.357 e. The van der Waals surface area contributed by atoms with Crippen molar-refractivity contribution in [3.05, 3.63) is 35.7 Å². The predicted molar refractivity (Wildman–Crippen MR) is 65.1 cm³/mol. The number of aromatic nitrogens is 4. The number of rotatable bonds is 3. The molecule has 1 unspecified atom stereocenters. The maximum Gasteiger partial charge on any atom is 0.267 e. The van der Waals surface area contributed by atoms with Gasteiger partial charge in [0.15, 0.2) is 0 Å². The van der Waals surface area contributed by atoms with Crippen molar-refractivity contribution >= 4 is 5.91 Å². The van der Waals surface area contributed by atoms with Crippen LogP contribution >= 0.6 is 0 Å². The van der Waals surface area contributed by atoms with Crippen molar-refractivity contribution in [3.8, 4) is 0 Å². The van der Waals surface area contributed by atoms with Gasteiger partial charge in [0.1, 0.15) is 17.3 Å². The molecule has 0 saturated heterocycles. The van der Waals surface area contributed by atoms with E-state index < -0.39 is 0 Å². The molecule has 18 heavy (non-hydrogen) atoms. The molecule has 3 heterocycles. The van der Waals surface area contributed by atoms with Crippen molar-refractivity contribution in [1.82, 2.24) is 25.1 Å². The lowest BCUT2D eigenvalue weighted by atomic mass is 10.1. The second-order valence-electron chi connectivity index (χ2n) is 4.64. The van der Waals surface area contributed by atoms with Crippen molar-refractivity contribution < 1.29 is 4.79 Å². The van der Waals surface area contributed by atoms with Crippen LogP contribution in [-0.4, -0.2) is 32.2 Å². The number of carbonyl (C=O) groups is 1. The van der Waals surface area contributed by atoms with Crippen LogP contribution in [-0.2, 0) is 13.0 Å². The van der Waals surface area contributed by atoms with Gasteiger partial charge in [-0.3, -0.25) is 4.79 Å². The van der Waals surface area contributed by atoms with Crippen LogP contribution < -0.4 is 5.32 Å². The Labute approximate surface area is 104 Å². The molecule has 0 spiro atoms. The molecule has 6 nitrogen and oxygen atoms in total. The number of fused-ring (bicyclic) bond motifs is 1. The zero-order valence-corrected chi connectivity index (χ0v) is 10.2. The molecule has 1 amide bonds. The number of nitrogens with one attached hydrogen (secondary N) is 2. The van der Waals surface area contributed by atoms with E-state index in [-0.39, 0.29) is 5.91 Å². The van der Waals surface area contributed by atoms with Crippen molar-refractivity contribution in [1.29, 1.82) is 0 Å². The molecule has 2 aromatic heterocycles. The van der Waals surface area contributed by atoms with Crippen LogP contribution in [0.2, 0.25) is 0 Å². The van der Waals surface area contributed by atoms with Gasteiger partial charge in [-0.05, 0) is 19.1 Å². The molecule has 0 aromatic carbocycles. The molecule has 1 aliphatic heterocycles. The molecule has 2 N–H and O–H groups in total. The first-order chi connectivity index (χ1) is 8.74. The van der Waals surface area contributed by atoms with Gasteiger partial charge in [0.2, 0.25) is 0 Å². The first-order valence-corrected chi connectivity index (χ1v) is 6.04. The van der Waals surface area contributed by atoms with Crippen LogP contribution in [0.4, 0.5) is 0 Å². The average Bonchev–Trinajstić information content (AvgIpc) is 3.05. The highest BCUT2D eigenvalue weighted by Crippen LogP contribution is 2.19. The Kier molecular flexibility index (Phi) is 2.62. The molecule has 6 heteroatoms. The quantitative estimate of drug-likeness (QED) is 0.827. The Morgan fingerprint density at radius 3 is 3.22 bits per heavy atom. The van der Waals surface area contributed by atoms with Crippen LogP contribution in [0.15, 0.2) is 18.3 Å². The molecule has 0 radical (unpaired) electrons. The third kappa shape index (κ3) is 1.90. The summed E-state index contributed by atoms with van der Waals surface area (Å²) in [5.74, 6) is 2.32. The van der Waals surface area contributed by atoms with Gasteiger partial charge >= 0.3 is 0 Å². The van der Waals surface area contributed by atoms with Crippen LogP contribution in [0.3, 0.4) is 0 Å². The number of aryl methyl sites for hydroxylation is 1. The van der Waals surface area contributed by atoms with E-state index in [2.05, 4.69) is 25.1 Å². The molecule has 0 saturated carbocycles. The highest BCUT2D eigenvalue weighted by Gasteiger charge is 2.25. The van der Waals surface area contributed by atoms with E-state index in [4.69, 9.17) is 0 Å². The summed E-state index contributed by atoms with van der Waals surface area (Å²) in [7, 11) is 0. The summed E-state index contributed by atoms with van der Waals surface area (Å²) in [6.07, 6.45) is 2.63. The van der Waals surface area contributed by atoms with Crippen molar-refractivity contribution in [2.75, 3.05) is 6.54 Å². The van der Waals surface area contributed by atoms with Crippen molar-refractivity contribution in [2.45, 2.75) is 19.9 Å². The molecule has 0 aliphatic carbocycles. The minimum absolute atomic E-state index is 0.0561. The second kappa shape index (κ2) is 4.29. The van der Waals surface area contributed by atoms with Gasteiger partial charge in [-0.25, -0.2) is 0 Å². The zero-order valence-electron chi connectivity index (χ0n) is 10.2. The SMILES string of the molecule is Cc1nnc2n1CC(CNC(=O)c1ccc[nH]1)C2. The number of carbonyl (C=O) groups excluding carboxylic acids is 1. The van der Waals surface area contributed by atoms with E-state index in [9.17, 15) is 4.79 Å². The lowest BCUT2D eigenvalue weighted by Crippen LogP contribution is -2.30. The third-order valence-corrected chi connectivity index (χ3v) is 3.32. The summed E-state index contributed by atoms with van der Waals surface area (Å²) in [6.45, 7) is 3.51. The molecular formula is C12H15N5O. The van der Waals surface area contributed by atoms with Crippen molar-refractivity contribution in [2.24, 2.45) is 5.92 Å². The Bertz CT molecular complexity index is 557. The predicted octanol–water partition coefficient (Wildman–Crippen LogP) is 0.517. The maximum atomic E-state index is 11.8. The highest BCUT2D eigenvalue weighted by atomic mass is 16.1. The Morgan fingerprint density at radius 2 is 2.50 bits per heavy atom. The lowest BCUT2D eigenvalue weighted by molar-refractivity contribution is 0.0942. The Hall–Kier alpha value is -2.11. The normalized spacial score (nSPS) is 17.7. The summed E-state index contributed by atoms with van der Waals surface area (Å²) in [6, 6.07) is 3.58. The molecule has 0 bridgehead atoms. The van der Waals surface area contributed by atoms with E-state index in [0.29, 0.717) is 18.2 Å². The first kappa shape index (κ1) is 11.0. The molecular weight excluding hydrogens is 230 g/mol. The largest absolute Gasteiger partial charge is 0.357 e. The summed E-state index contributed by atoms with van der Waals surface area (Å²) < 4.78 is 2.12. The summed E-state index contributed by atoms with van der Waals surface area (Å²) in [5, 5.41) is 11.1. The van der Waals surface area contributed by atoms with Gasteiger partial charge in [0, 0.05) is 31.6 Å². The van der Waals surface area contributed by atoms with E-state index in [0.717, 1.165) is 24.6 Å². The lowest BCUT2D eigenvalue weighted by Gasteiger charge is -2.10. The van der Waals surface area contributed by atoms with Crippen LogP contribution in [0, 0.1) is 12.8 Å². The standard InChI is InChI=1S/C12H15N5O/c1-8-15-16-11-5-9(7-17(8)11)6-14-12(18)10-3-2-4-13-10/h2-4,9,13H,5-7H2,1H3,(H,14,18). The van der Waals surface area contributed by atoms with Gasteiger partial charge in [0.05, 0.1) is 0 Å². The van der Waals surface area contributed by atoms with Gasteiger partial charge in [0.25, 0.3) is 5.91 Å². The number of hydrogen-bond donors (Lipinski definition) is 2. The van der Waals surface area contributed by atoms with E-state index in [1.54, 1.807) is 12.3 Å². The molecule has 2 aromatic rings. The number of H-pyrrole nitrogens is 1. The van der Waals surface area contributed by atoms with E-state index >= 15 is 0 Å². The summed E-state index contributed by atoms with van der Waals surface area (Å²) >= 11 is 0. The molecule has 1 atom stereocenters. The van der Waals surface area contributed by atoms with Crippen molar-refractivity contribution in [3.63, 3.8) is 0 Å². The van der Waals surface area contributed by atoms with Gasteiger partial charge in [-0.2, -0.15) is 0 Å². The average molecular weight is 245 g/mol. The zero-order chi connectivity index (χ0) is 12.5. The van der Waals surface area contributed by atoms with Crippen LogP contribution in [0.5, 0.6) is 0 Å². The molecule has 0 fully saturated rings. The second-order valence-corrected chi connectivity index (χ2v) is 4.64. The monoisotopic (exact) mass is 245 g/mol. The van der Waals surface area contributed by atoms with Crippen LogP contribution in [0.1, 0.15) is 22.1 Å². The summed E-state index contributed by atoms with van der Waals surface area (Å²) in [5.41, 5.74) is 0.601. The van der Waals surface area contributed by atoms with Gasteiger partial charge < -0.3 is 14.9 Å². The van der Waals surface area contributed by atoms with Crippen LogP contribution in [0.25, 0.3) is 0 Å². The number of amides is 1. The first-order valence-electron chi connectivity index (χ1n) is 6.04. The van der Waals surface area contributed by atoms with E-state index in [1.807, 2.05) is 13.0 Å². The topological polar surface area (TPSA) is 75.6 Å². The third-order valence-electron chi connectivity index (χ3n) is 3.32. The van der Waals surface area contributed by atoms with Gasteiger partial charge in [-0.15, -0.1) is 10.2 Å². The smallest absolute Gasteiger partial charge is 0.267 e. The Morgan fingerprint density at radius 1 is 1.61 bits per heavy atom.